The third-order valence-electron chi connectivity index (χ3n) is 5.34. The Morgan fingerprint density at radius 1 is 1.10 bits per heavy atom. The average molecular weight is 461 g/mol. The minimum Gasteiger partial charge on any atom is -0.355 e. The number of nitrogens with zero attached hydrogens (tertiary/aromatic N) is 3. The largest absolute Gasteiger partial charge is 0.355 e. The molecule has 2 heterocycles. The van der Waals surface area contributed by atoms with Crippen molar-refractivity contribution in [3.63, 3.8) is 0 Å². The monoisotopic (exact) mass is 460 g/mol. The molecule has 0 atom stereocenters. The fourth-order valence-electron chi connectivity index (χ4n) is 3.95. The first-order valence-electron chi connectivity index (χ1n) is 10.1. The molecule has 3 rings (SSSR count). The van der Waals surface area contributed by atoms with Gasteiger partial charge in [-0.05, 0) is 51.5 Å². The number of nitrogens with one attached hydrogen (secondary N) is 1. The summed E-state index contributed by atoms with van der Waals surface area (Å²) in [6.45, 7) is 9.89. The standard InChI is InChI=1S/C22H29BrN4O2/c1-4-24-21(28)15-25-9-6-10-26(12-11-25)22(29)20-13-16(2)27(17(20)3)19-8-5-7-18(23)14-19/h5,7-8,13-14H,4,6,9-12,15H2,1-3H3,(H,24,28). The zero-order valence-electron chi connectivity index (χ0n) is 17.4. The highest BCUT2D eigenvalue weighted by Crippen LogP contribution is 2.24. The van der Waals surface area contributed by atoms with Crippen molar-refractivity contribution < 1.29 is 9.59 Å². The van der Waals surface area contributed by atoms with Gasteiger partial charge in [-0.2, -0.15) is 0 Å². The summed E-state index contributed by atoms with van der Waals surface area (Å²) in [6.07, 6.45) is 0.871. The van der Waals surface area contributed by atoms with E-state index in [1.165, 1.54) is 0 Å². The summed E-state index contributed by atoms with van der Waals surface area (Å²) < 4.78 is 3.13. The summed E-state index contributed by atoms with van der Waals surface area (Å²) in [5.74, 6) is 0.115. The van der Waals surface area contributed by atoms with Crippen molar-refractivity contribution >= 4 is 27.7 Å². The number of aromatic nitrogens is 1. The fourth-order valence-corrected chi connectivity index (χ4v) is 4.34. The molecular weight excluding hydrogens is 432 g/mol. The van der Waals surface area contributed by atoms with E-state index in [1.807, 2.05) is 49.9 Å². The van der Waals surface area contributed by atoms with Crippen LogP contribution in [0.15, 0.2) is 34.8 Å². The van der Waals surface area contributed by atoms with Crippen LogP contribution in [0.1, 0.15) is 35.1 Å². The highest BCUT2D eigenvalue weighted by Gasteiger charge is 2.24. The van der Waals surface area contributed by atoms with Gasteiger partial charge < -0.3 is 14.8 Å². The number of likely N-dealkylation sites (N-methyl/N-ethyl adjacent to an activating group) is 1. The molecule has 0 unspecified atom stereocenters. The second-order valence-corrected chi connectivity index (χ2v) is 8.39. The molecular formula is C22H29BrN4O2. The Morgan fingerprint density at radius 3 is 2.62 bits per heavy atom. The normalized spacial score (nSPS) is 15.2. The molecule has 0 bridgehead atoms. The van der Waals surface area contributed by atoms with Crippen LogP contribution in [0.5, 0.6) is 0 Å². The molecule has 1 aliphatic rings. The third-order valence-corrected chi connectivity index (χ3v) is 5.84. The van der Waals surface area contributed by atoms with Gasteiger partial charge in [-0.3, -0.25) is 14.5 Å². The SMILES string of the molecule is CCNC(=O)CN1CCCN(C(=O)c2cc(C)n(-c3cccc(Br)c3)c2C)CC1. The number of halogens is 1. The first kappa shape index (κ1) is 21.6. The van der Waals surface area contributed by atoms with Crippen molar-refractivity contribution in [2.45, 2.75) is 27.2 Å². The molecule has 156 valence electrons. The molecule has 1 aromatic heterocycles. The maximum atomic E-state index is 13.3. The lowest BCUT2D eigenvalue weighted by molar-refractivity contribution is -0.122. The van der Waals surface area contributed by atoms with Gasteiger partial charge in [0.2, 0.25) is 5.91 Å². The van der Waals surface area contributed by atoms with Crippen LogP contribution in [0, 0.1) is 13.8 Å². The van der Waals surface area contributed by atoms with Gasteiger partial charge in [0.25, 0.3) is 5.91 Å². The summed E-state index contributed by atoms with van der Waals surface area (Å²) in [5, 5.41) is 2.84. The van der Waals surface area contributed by atoms with E-state index >= 15 is 0 Å². The van der Waals surface area contributed by atoms with Gasteiger partial charge in [0, 0.05) is 54.3 Å². The van der Waals surface area contributed by atoms with Gasteiger partial charge in [-0.15, -0.1) is 0 Å². The second-order valence-electron chi connectivity index (χ2n) is 7.48. The van der Waals surface area contributed by atoms with Crippen molar-refractivity contribution in [2.24, 2.45) is 0 Å². The maximum Gasteiger partial charge on any atom is 0.255 e. The number of hydrogen-bond donors (Lipinski definition) is 1. The minimum absolute atomic E-state index is 0.0462. The Morgan fingerprint density at radius 2 is 1.90 bits per heavy atom. The van der Waals surface area contributed by atoms with Crippen molar-refractivity contribution in [1.82, 2.24) is 19.7 Å². The lowest BCUT2D eigenvalue weighted by Crippen LogP contribution is -2.40. The number of hydrogen-bond acceptors (Lipinski definition) is 3. The summed E-state index contributed by atoms with van der Waals surface area (Å²) in [4.78, 5) is 29.2. The molecule has 2 amide bonds. The average Bonchev–Trinajstić information content (AvgIpc) is 2.83. The van der Waals surface area contributed by atoms with Crippen molar-refractivity contribution in [2.75, 3.05) is 39.3 Å². The molecule has 0 aliphatic carbocycles. The van der Waals surface area contributed by atoms with Gasteiger partial charge in [-0.1, -0.05) is 22.0 Å². The second kappa shape index (κ2) is 9.59. The van der Waals surface area contributed by atoms with E-state index in [0.717, 1.165) is 40.1 Å². The summed E-state index contributed by atoms with van der Waals surface area (Å²) >= 11 is 3.53. The molecule has 2 aromatic rings. The quantitative estimate of drug-likeness (QED) is 0.745. The predicted octanol–water partition coefficient (Wildman–Crippen LogP) is 3.14. The van der Waals surface area contributed by atoms with Gasteiger partial charge in [-0.25, -0.2) is 0 Å². The van der Waals surface area contributed by atoms with Gasteiger partial charge in [0.1, 0.15) is 0 Å². The lowest BCUT2D eigenvalue weighted by atomic mass is 10.2. The fraction of sp³-hybridized carbons (Fsp3) is 0.455. The van der Waals surface area contributed by atoms with E-state index < -0.39 is 0 Å². The van der Waals surface area contributed by atoms with E-state index in [9.17, 15) is 9.59 Å². The van der Waals surface area contributed by atoms with Gasteiger partial charge >= 0.3 is 0 Å². The Kier molecular flexibility index (Phi) is 7.14. The highest BCUT2D eigenvalue weighted by molar-refractivity contribution is 9.10. The number of amides is 2. The molecule has 6 nitrogen and oxygen atoms in total. The van der Waals surface area contributed by atoms with E-state index in [2.05, 4.69) is 36.8 Å². The van der Waals surface area contributed by atoms with Crippen LogP contribution >= 0.6 is 15.9 Å². The van der Waals surface area contributed by atoms with Crippen LogP contribution in [0.4, 0.5) is 0 Å². The van der Waals surface area contributed by atoms with Crippen LogP contribution < -0.4 is 5.32 Å². The molecule has 1 N–H and O–H groups in total. The number of rotatable bonds is 5. The molecule has 1 aromatic carbocycles. The van der Waals surface area contributed by atoms with E-state index in [0.29, 0.717) is 32.7 Å². The van der Waals surface area contributed by atoms with E-state index in [-0.39, 0.29) is 11.8 Å². The van der Waals surface area contributed by atoms with E-state index in [1.54, 1.807) is 0 Å². The molecule has 0 saturated carbocycles. The molecule has 1 aliphatic heterocycles. The Bertz CT molecular complexity index is 893. The lowest BCUT2D eigenvalue weighted by Gasteiger charge is -2.22. The molecule has 1 saturated heterocycles. The molecule has 7 heteroatoms. The summed E-state index contributed by atoms with van der Waals surface area (Å²) in [6, 6.07) is 10.1. The van der Waals surface area contributed by atoms with Gasteiger partial charge in [0.15, 0.2) is 0 Å². The molecule has 0 spiro atoms. The van der Waals surface area contributed by atoms with E-state index in [4.69, 9.17) is 0 Å². The van der Waals surface area contributed by atoms with Crippen LogP contribution in [-0.4, -0.2) is 65.4 Å². The van der Waals surface area contributed by atoms with Crippen molar-refractivity contribution in [1.29, 1.82) is 0 Å². The minimum atomic E-state index is 0.0462. The topological polar surface area (TPSA) is 57.6 Å². The Labute approximate surface area is 181 Å². The van der Waals surface area contributed by atoms with Crippen LogP contribution in [-0.2, 0) is 4.79 Å². The molecule has 29 heavy (non-hydrogen) atoms. The summed E-state index contributed by atoms with van der Waals surface area (Å²) in [7, 11) is 0. The highest BCUT2D eigenvalue weighted by atomic mass is 79.9. The van der Waals surface area contributed by atoms with Crippen LogP contribution in [0.25, 0.3) is 5.69 Å². The zero-order valence-corrected chi connectivity index (χ0v) is 19.0. The number of carbonyl (C=O) groups excluding carboxylic acids is 2. The zero-order chi connectivity index (χ0) is 21.0. The predicted molar refractivity (Wildman–Crippen MR) is 119 cm³/mol. The van der Waals surface area contributed by atoms with Crippen molar-refractivity contribution in [3.05, 3.63) is 51.8 Å². The Hall–Kier alpha value is -2.12. The van der Waals surface area contributed by atoms with Crippen LogP contribution in [0.3, 0.4) is 0 Å². The first-order chi connectivity index (χ1) is 13.9. The molecule has 1 fully saturated rings. The number of aryl methyl sites for hydroxylation is 1. The smallest absolute Gasteiger partial charge is 0.255 e. The summed E-state index contributed by atoms with van der Waals surface area (Å²) in [5.41, 5.74) is 3.78. The Balaban J connectivity index is 1.74. The number of carbonyl (C=O) groups is 2. The van der Waals surface area contributed by atoms with Crippen molar-refractivity contribution in [3.8, 4) is 5.69 Å². The van der Waals surface area contributed by atoms with Gasteiger partial charge in [0.05, 0.1) is 12.1 Å². The van der Waals surface area contributed by atoms with Crippen LogP contribution in [0.2, 0.25) is 0 Å². The first-order valence-corrected chi connectivity index (χ1v) is 10.9. The number of benzene rings is 1. The molecule has 0 radical (unpaired) electrons. The maximum absolute atomic E-state index is 13.3. The third kappa shape index (κ3) is 5.08.